The zero-order chi connectivity index (χ0) is 11.3. The van der Waals surface area contributed by atoms with E-state index in [1.54, 1.807) is 0 Å². The van der Waals surface area contributed by atoms with Crippen LogP contribution in [0.15, 0.2) is 24.3 Å². The molecule has 0 unspecified atom stereocenters. The number of hydrogen-bond acceptors (Lipinski definition) is 1. The average Bonchev–Trinajstić information content (AvgIpc) is 2.19. The monoisotopic (exact) mass is 205 g/mol. The molecule has 84 valence electrons. The lowest BCUT2D eigenvalue weighted by molar-refractivity contribution is 0.493. The van der Waals surface area contributed by atoms with Crippen LogP contribution in [0.1, 0.15) is 38.3 Å². The Morgan fingerprint density at radius 3 is 2.60 bits per heavy atom. The normalized spacial score (nSPS) is 11.7. The van der Waals surface area contributed by atoms with Crippen LogP contribution in [0.3, 0.4) is 0 Å². The highest BCUT2D eigenvalue weighted by molar-refractivity contribution is 5.29. The van der Waals surface area contributed by atoms with E-state index in [2.05, 4.69) is 50.4 Å². The highest BCUT2D eigenvalue weighted by Gasteiger charge is 2.19. The van der Waals surface area contributed by atoms with Gasteiger partial charge in [-0.15, -0.1) is 0 Å². The fourth-order valence-corrected chi connectivity index (χ4v) is 1.98. The van der Waals surface area contributed by atoms with Gasteiger partial charge in [-0.25, -0.2) is 0 Å². The molecule has 0 spiro atoms. The molecule has 1 rings (SSSR count). The van der Waals surface area contributed by atoms with E-state index in [4.69, 9.17) is 0 Å². The van der Waals surface area contributed by atoms with Gasteiger partial charge in [0, 0.05) is 12.0 Å². The topological polar surface area (TPSA) is 12.0 Å². The van der Waals surface area contributed by atoms with Crippen LogP contribution in [0.4, 0.5) is 0 Å². The van der Waals surface area contributed by atoms with E-state index in [-0.39, 0.29) is 5.41 Å². The molecule has 0 aliphatic heterocycles. The van der Waals surface area contributed by atoms with Gasteiger partial charge in [0.2, 0.25) is 0 Å². The summed E-state index contributed by atoms with van der Waals surface area (Å²) in [6.45, 7) is 7.82. The first-order valence-corrected chi connectivity index (χ1v) is 5.84. The van der Waals surface area contributed by atoms with Crippen molar-refractivity contribution < 1.29 is 0 Å². The van der Waals surface area contributed by atoms with E-state index < -0.39 is 0 Å². The Balaban J connectivity index is 2.88. The molecule has 0 aromatic heterocycles. The highest BCUT2D eigenvalue weighted by Crippen LogP contribution is 2.23. The molecule has 1 nitrogen and oxygen atoms in total. The minimum absolute atomic E-state index is 0.221. The minimum Gasteiger partial charge on any atom is -0.319 e. The van der Waals surface area contributed by atoms with Gasteiger partial charge in [0.25, 0.3) is 0 Å². The third-order valence-electron chi connectivity index (χ3n) is 2.87. The zero-order valence-corrected chi connectivity index (χ0v) is 10.4. The Morgan fingerprint density at radius 1 is 1.27 bits per heavy atom. The van der Waals surface area contributed by atoms with Crippen LogP contribution in [-0.2, 0) is 11.8 Å². The van der Waals surface area contributed by atoms with E-state index in [0.29, 0.717) is 0 Å². The van der Waals surface area contributed by atoms with Gasteiger partial charge in [0.1, 0.15) is 0 Å². The smallest absolute Gasteiger partial charge is 0.00401 e. The molecule has 1 N–H and O–H groups in total. The molecule has 1 aromatic rings. The van der Waals surface area contributed by atoms with Gasteiger partial charge in [-0.1, -0.05) is 51.5 Å². The summed E-state index contributed by atoms with van der Waals surface area (Å²) in [5.74, 6) is 0. The molecule has 0 radical (unpaired) electrons. The molecule has 0 bridgehead atoms. The van der Waals surface area contributed by atoms with Crippen LogP contribution in [0.25, 0.3) is 0 Å². The molecule has 0 saturated carbocycles. The maximum atomic E-state index is 3.26. The van der Waals surface area contributed by atoms with Crippen LogP contribution >= 0.6 is 0 Å². The van der Waals surface area contributed by atoms with Crippen molar-refractivity contribution in [2.24, 2.45) is 0 Å². The summed E-state index contributed by atoms with van der Waals surface area (Å²) < 4.78 is 0. The molecule has 0 atom stereocenters. The van der Waals surface area contributed by atoms with Crippen LogP contribution in [0.2, 0.25) is 0 Å². The number of rotatable bonds is 5. The molecule has 15 heavy (non-hydrogen) atoms. The summed E-state index contributed by atoms with van der Waals surface area (Å²) in [6.07, 6.45) is 2.40. The maximum Gasteiger partial charge on any atom is 0.00401 e. The van der Waals surface area contributed by atoms with Crippen LogP contribution in [-0.4, -0.2) is 13.6 Å². The Morgan fingerprint density at radius 2 is 2.00 bits per heavy atom. The van der Waals surface area contributed by atoms with Gasteiger partial charge in [-0.05, 0) is 24.6 Å². The van der Waals surface area contributed by atoms with Gasteiger partial charge >= 0.3 is 0 Å². The van der Waals surface area contributed by atoms with Crippen molar-refractivity contribution in [3.8, 4) is 0 Å². The first-order valence-electron chi connectivity index (χ1n) is 5.84. The lowest BCUT2D eigenvalue weighted by atomic mass is 9.83. The first kappa shape index (κ1) is 12.3. The zero-order valence-electron chi connectivity index (χ0n) is 10.4. The summed E-state index contributed by atoms with van der Waals surface area (Å²) in [5.41, 5.74) is 3.11. The summed E-state index contributed by atoms with van der Waals surface area (Å²) >= 11 is 0. The van der Waals surface area contributed by atoms with E-state index >= 15 is 0 Å². The van der Waals surface area contributed by atoms with Crippen molar-refractivity contribution in [2.75, 3.05) is 13.6 Å². The van der Waals surface area contributed by atoms with Crippen LogP contribution in [0.5, 0.6) is 0 Å². The Hall–Kier alpha value is -0.820. The minimum atomic E-state index is 0.221. The standard InChI is InChI=1S/C14H23N/c1-5-7-12-8-6-9-13(10-12)14(2,3)11-15-4/h6,8-10,15H,5,7,11H2,1-4H3. The summed E-state index contributed by atoms with van der Waals surface area (Å²) in [4.78, 5) is 0. The van der Waals surface area contributed by atoms with Crippen molar-refractivity contribution >= 4 is 0 Å². The molecule has 1 aromatic carbocycles. The van der Waals surface area contributed by atoms with Crippen molar-refractivity contribution in [1.29, 1.82) is 0 Å². The predicted octanol–water partition coefficient (Wildman–Crippen LogP) is 3.14. The molecule has 0 fully saturated rings. The maximum absolute atomic E-state index is 3.26. The second-order valence-electron chi connectivity index (χ2n) is 4.86. The van der Waals surface area contributed by atoms with Crippen molar-refractivity contribution in [2.45, 2.75) is 39.0 Å². The molecule has 0 heterocycles. The third kappa shape index (κ3) is 3.35. The Labute approximate surface area is 93.9 Å². The Kier molecular flexibility index (Phi) is 4.34. The predicted molar refractivity (Wildman–Crippen MR) is 67.4 cm³/mol. The van der Waals surface area contributed by atoms with E-state index in [9.17, 15) is 0 Å². The molecule has 0 aliphatic carbocycles. The fourth-order valence-electron chi connectivity index (χ4n) is 1.98. The highest BCUT2D eigenvalue weighted by atomic mass is 14.8. The van der Waals surface area contributed by atoms with E-state index in [1.807, 2.05) is 7.05 Å². The van der Waals surface area contributed by atoms with E-state index in [0.717, 1.165) is 6.54 Å². The lowest BCUT2D eigenvalue weighted by Crippen LogP contribution is -2.30. The molecule has 0 saturated heterocycles. The first-order chi connectivity index (χ1) is 7.10. The van der Waals surface area contributed by atoms with Gasteiger partial charge < -0.3 is 5.32 Å². The van der Waals surface area contributed by atoms with Gasteiger partial charge in [-0.3, -0.25) is 0 Å². The average molecular weight is 205 g/mol. The number of aryl methyl sites for hydroxylation is 1. The number of likely N-dealkylation sites (N-methyl/N-ethyl adjacent to an activating group) is 1. The summed E-state index contributed by atoms with van der Waals surface area (Å²) in [7, 11) is 2.01. The van der Waals surface area contributed by atoms with Gasteiger partial charge in [0.15, 0.2) is 0 Å². The van der Waals surface area contributed by atoms with E-state index in [1.165, 1.54) is 24.0 Å². The quantitative estimate of drug-likeness (QED) is 0.778. The Bertz CT molecular complexity index is 302. The number of nitrogens with one attached hydrogen (secondary N) is 1. The second-order valence-corrected chi connectivity index (χ2v) is 4.86. The lowest BCUT2D eigenvalue weighted by Gasteiger charge is -2.25. The van der Waals surface area contributed by atoms with Crippen molar-refractivity contribution in [3.05, 3.63) is 35.4 Å². The second kappa shape index (κ2) is 5.32. The molecule has 1 heteroatoms. The SMILES string of the molecule is CCCc1cccc(C(C)(C)CNC)c1. The van der Waals surface area contributed by atoms with Crippen LogP contribution in [0, 0.1) is 0 Å². The molecular weight excluding hydrogens is 182 g/mol. The van der Waals surface area contributed by atoms with Crippen LogP contribution < -0.4 is 5.32 Å². The fraction of sp³-hybridized carbons (Fsp3) is 0.571. The molecular formula is C14H23N. The van der Waals surface area contributed by atoms with Crippen molar-refractivity contribution in [3.63, 3.8) is 0 Å². The largest absolute Gasteiger partial charge is 0.319 e. The molecule has 0 aliphatic rings. The summed E-state index contributed by atoms with van der Waals surface area (Å²) in [5, 5.41) is 3.26. The summed E-state index contributed by atoms with van der Waals surface area (Å²) in [6, 6.07) is 8.98. The molecule has 0 amide bonds. The van der Waals surface area contributed by atoms with Gasteiger partial charge in [-0.2, -0.15) is 0 Å². The third-order valence-corrected chi connectivity index (χ3v) is 2.87. The number of hydrogen-bond donors (Lipinski definition) is 1. The number of benzene rings is 1. The van der Waals surface area contributed by atoms with Gasteiger partial charge in [0.05, 0.1) is 0 Å². The van der Waals surface area contributed by atoms with Crippen molar-refractivity contribution in [1.82, 2.24) is 5.32 Å².